The lowest BCUT2D eigenvalue weighted by Gasteiger charge is -2.05. The van der Waals surface area contributed by atoms with E-state index in [1.807, 2.05) is 0 Å². The number of ether oxygens (including phenoxy) is 2. The van der Waals surface area contributed by atoms with Crippen molar-refractivity contribution in [1.82, 2.24) is 9.78 Å². The maximum absolute atomic E-state index is 11.3. The summed E-state index contributed by atoms with van der Waals surface area (Å²) in [7, 11) is 1.61. The SMILES string of the molecule is COCCOCCn1ncc(N)cc1=O. The second-order valence-corrected chi connectivity index (χ2v) is 2.96. The lowest BCUT2D eigenvalue weighted by atomic mass is 10.5. The van der Waals surface area contributed by atoms with Crippen LogP contribution >= 0.6 is 0 Å². The number of aromatic nitrogens is 2. The van der Waals surface area contributed by atoms with E-state index >= 15 is 0 Å². The summed E-state index contributed by atoms with van der Waals surface area (Å²) in [4.78, 5) is 11.3. The van der Waals surface area contributed by atoms with Gasteiger partial charge in [-0.3, -0.25) is 4.79 Å². The molecule has 0 atom stereocenters. The molecule has 0 bridgehead atoms. The summed E-state index contributed by atoms with van der Waals surface area (Å²) in [5.41, 5.74) is 5.55. The molecule has 0 aliphatic carbocycles. The Balaban J connectivity index is 2.34. The molecule has 1 aromatic heterocycles. The average Bonchev–Trinajstić information content (AvgIpc) is 2.20. The summed E-state index contributed by atoms with van der Waals surface area (Å²) in [5.74, 6) is 0. The Morgan fingerprint density at radius 2 is 2.27 bits per heavy atom. The van der Waals surface area contributed by atoms with Gasteiger partial charge in [-0.2, -0.15) is 5.10 Å². The summed E-state index contributed by atoms with van der Waals surface area (Å²) in [6.45, 7) is 1.91. The van der Waals surface area contributed by atoms with E-state index in [9.17, 15) is 4.79 Å². The Morgan fingerprint density at radius 1 is 1.47 bits per heavy atom. The van der Waals surface area contributed by atoms with Gasteiger partial charge in [0.2, 0.25) is 0 Å². The monoisotopic (exact) mass is 213 g/mol. The Labute approximate surface area is 87.6 Å². The number of nitrogen functional groups attached to an aromatic ring is 1. The molecule has 0 aromatic carbocycles. The van der Waals surface area contributed by atoms with Crippen molar-refractivity contribution in [3.63, 3.8) is 0 Å². The highest BCUT2D eigenvalue weighted by Crippen LogP contribution is 1.90. The predicted molar refractivity (Wildman–Crippen MR) is 55.6 cm³/mol. The molecule has 2 N–H and O–H groups in total. The van der Waals surface area contributed by atoms with Gasteiger partial charge in [0.05, 0.1) is 38.2 Å². The van der Waals surface area contributed by atoms with E-state index in [0.29, 0.717) is 32.1 Å². The number of hydrogen-bond donors (Lipinski definition) is 1. The van der Waals surface area contributed by atoms with Crippen LogP contribution < -0.4 is 11.3 Å². The fourth-order valence-corrected chi connectivity index (χ4v) is 1.01. The molecule has 6 heteroatoms. The summed E-state index contributed by atoms with van der Waals surface area (Å²) >= 11 is 0. The first-order chi connectivity index (χ1) is 7.24. The highest BCUT2D eigenvalue weighted by atomic mass is 16.5. The molecule has 1 heterocycles. The van der Waals surface area contributed by atoms with Gasteiger partial charge in [0.25, 0.3) is 5.56 Å². The zero-order valence-electron chi connectivity index (χ0n) is 8.68. The third-order valence-corrected chi connectivity index (χ3v) is 1.77. The molecule has 84 valence electrons. The molecule has 0 saturated heterocycles. The minimum atomic E-state index is -0.217. The third kappa shape index (κ3) is 4.09. The summed E-state index contributed by atoms with van der Waals surface area (Å²) in [5, 5.41) is 3.86. The van der Waals surface area contributed by atoms with Crippen LogP contribution in [0.2, 0.25) is 0 Å². The molecular formula is C9H15N3O3. The summed E-state index contributed by atoms with van der Waals surface area (Å²) in [6.07, 6.45) is 1.44. The van der Waals surface area contributed by atoms with Gasteiger partial charge in [-0.1, -0.05) is 0 Å². The Kier molecular flexibility index (Phi) is 4.79. The molecular weight excluding hydrogens is 198 g/mol. The van der Waals surface area contributed by atoms with E-state index < -0.39 is 0 Å². The van der Waals surface area contributed by atoms with Crippen LogP contribution in [0.25, 0.3) is 0 Å². The topological polar surface area (TPSA) is 79.4 Å². The molecule has 0 aliphatic heterocycles. The van der Waals surface area contributed by atoms with E-state index in [0.717, 1.165) is 0 Å². The van der Waals surface area contributed by atoms with Crippen LogP contribution in [0.4, 0.5) is 5.69 Å². The van der Waals surface area contributed by atoms with Crippen molar-refractivity contribution in [3.8, 4) is 0 Å². The molecule has 0 radical (unpaired) electrons. The van der Waals surface area contributed by atoms with Crippen molar-refractivity contribution < 1.29 is 9.47 Å². The maximum atomic E-state index is 11.3. The first kappa shape index (κ1) is 11.7. The van der Waals surface area contributed by atoms with Gasteiger partial charge in [0, 0.05) is 13.2 Å². The minimum absolute atomic E-state index is 0.217. The van der Waals surface area contributed by atoms with Crippen molar-refractivity contribution in [2.24, 2.45) is 0 Å². The van der Waals surface area contributed by atoms with Gasteiger partial charge in [-0.15, -0.1) is 0 Å². The van der Waals surface area contributed by atoms with Crippen LogP contribution in [0.15, 0.2) is 17.1 Å². The molecule has 1 aromatic rings. The highest BCUT2D eigenvalue weighted by molar-refractivity contribution is 5.31. The lowest BCUT2D eigenvalue weighted by Crippen LogP contribution is -2.24. The van der Waals surface area contributed by atoms with E-state index in [2.05, 4.69) is 5.10 Å². The van der Waals surface area contributed by atoms with Crippen molar-refractivity contribution in [3.05, 3.63) is 22.6 Å². The molecule has 0 aliphatic rings. The molecule has 0 amide bonds. The van der Waals surface area contributed by atoms with E-state index in [-0.39, 0.29) is 5.56 Å². The normalized spacial score (nSPS) is 10.5. The van der Waals surface area contributed by atoms with Gasteiger partial charge < -0.3 is 15.2 Å². The summed E-state index contributed by atoms with van der Waals surface area (Å²) in [6, 6.07) is 1.34. The van der Waals surface area contributed by atoms with Crippen molar-refractivity contribution in [2.75, 3.05) is 32.7 Å². The van der Waals surface area contributed by atoms with Gasteiger partial charge in [-0.05, 0) is 0 Å². The fourth-order valence-electron chi connectivity index (χ4n) is 1.01. The van der Waals surface area contributed by atoms with Crippen LogP contribution in [-0.4, -0.2) is 36.7 Å². The largest absolute Gasteiger partial charge is 0.397 e. The van der Waals surface area contributed by atoms with Gasteiger partial charge in [-0.25, -0.2) is 4.68 Å². The Bertz CT molecular complexity index is 351. The Hall–Kier alpha value is -1.40. The first-order valence-electron chi connectivity index (χ1n) is 4.63. The van der Waals surface area contributed by atoms with Crippen LogP contribution in [0.5, 0.6) is 0 Å². The number of rotatable bonds is 6. The molecule has 0 fully saturated rings. The average molecular weight is 213 g/mol. The van der Waals surface area contributed by atoms with E-state index in [1.54, 1.807) is 7.11 Å². The van der Waals surface area contributed by atoms with Crippen LogP contribution in [0.1, 0.15) is 0 Å². The molecule has 6 nitrogen and oxygen atoms in total. The van der Waals surface area contributed by atoms with Crippen LogP contribution in [0.3, 0.4) is 0 Å². The number of nitrogens with two attached hydrogens (primary N) is 1. The van der Waals surface area contributed by atoms with Gasteiger partial charge in [0.1, 0.15) is 0 Å². The van der Waals surface area contributed by atoms with Crippen molar-refractivity contribution in [1.29, 1.82) is 0 Å². The number of nitrogens with zero attached hydrogens (tertiary/aromatic N) is 2. The second kappa shape index (κ2) is 6.15. The first-order valence-corrected chi connectivity index (χ1v) is 4.63. The van der Waals surface area contributed by atoms with Gasteiger partial charge in [0.15, 0.2) is 0 Å². The molecule has 0 unspecified atom stereocenters. The second-order valence-electron chi connectivity index (χ2n) is 2.96. The molecule has 0 spiro atoms. The smallest absolute Gasteiger partial charge is 0.268 e. The van der Waals surface area contributed by atoms with Crippen molar-refractivity contribution >= 4 is 5.69 Å². The molecule has 1 rings (SSSR count). The molecule has 0 saturated carbocycles. The predicted octanol–water partition coefficient (Wildman–Crippen LogP) is -0.511. The van der Waals surface area contributed by atoms with E-state index in [4.69, 9.17) is 15.2 Å². The van der Waals surface area contributed by atoms with Crippen LogP contribution in [-0.2, 0) is 16.0 Å². The highest BCUT2D eigenvalue weighted by Gasteiger charge is 1.97. The third-order valence-electron chi connectivity index (χ3n) is 1.77. The summed E-state index contributed by atoms with van der Waals surface area (Å²) < 4.78 is 11.3. The van der Waals surface area contributed by atoms with Crippen LogP contribution in [0, 0.1) is 0 Å². The van der Waals surface area contributed by atoms with E-state index in [1.165, 1.54) is 16.9 Å². The standard InChI is InChI=1S/C9H15N3O3/c1-14-4-5-15-3-2-12-9(13)6-8(10)7-11-12/h6-7H,2-5,10H2,1H3. The zero-order valence-corrected chi connectivity index (χ0v) is 8.68. The Morgan fingerprint density at radius 3 is 2.93 bits per heavy atom. The molecule has 15 heavy (non-hydrogen) atoms. The quantitative estimate of drug-likeness (QED) is 0.644. The maximum Gasteiger partial charge on any atom is 0.268 e. The number of hydrogen-bond acceptors (Lipinski definition) is 5. The zero-order chi connectivity index (χ0) is 11.1. The van der Waals surface area contributed by atoms with Gasteiger partial charge >= 0.3 is 0 Å². The number of anilines is 1. The number of methoxy groups -OCH3 is 1. The lowest BCUT2D eigenvalue weighted by molar-refractivity contribution is 0.0649. The fraction of sp³-hybridized carbons (Fsp3) is 0.556. The minimum Gasteiger partial charge on any atom is -0.397 e. The van der Waals surface area contributed by atoms with Crippen molar-refractivity contribution in [2.45, 2.75) is 6.54 Å².